The lowest BCUT2D eigenvalue weighted by Gasteiger charge is -2.49. The van der Waals surface area contributed by atoms with Gasteiger partial charge in [0.1, 0.15) is 49.3 Å². The Balaban J connectivity index is 1.73. The van der Waals surface area contributed by atoms with Crippen LogP contribution in [0.4, 0.5) is 0 Å². The van der Waals surface area contributed by atoms with Crippen LogP contribution in [-0.4, -0.2) is 165 Å². The molecule has 0 bridgehead atoms. The van der Waals surface area contributed by atoms with Gasteiger partial charge in [-0.25, -0.2) is 0 Å². The van der Waals surface area contributed by atoms with Crippen molar-refractivity contribution < 1.29 is 93.8 Å². The third-order valence-corrected chi connectivity index (χ3v) is 8.85. The molecule has 2 aromatic rings. The summed E-state index contributed by atoms with van der Waals surface area (Å²) in [4.78, 5) is 27.0. The minimum absolute atomic E-state index is 0.0273. The Morgan fingerprint density at radius 1 is 0.792 bits per heavy atom. The second kappa shape index (κ2) is 16.7. The number of methoxy groups -OCH3 is 4. The molecule has 10 unspecified atom stereocenters. The number of hydrogen-bond donors (Lipinski definition) is 10. The summed E-state index contributed by atoms with van der Waals surface area (Å²) in [6.07, 6.45) is -14.0. The molecular weight excluding hydrogens is 712 g/mol. The number of phenols is 2. The molecule has 2 aromatic carbocycles. The summed E-state index contributed by atoms with van der Waals surface area (Å²) in [5.74, 6) is -6.19. The number of carbonyl (C=O) groups excluding carboxylic acids is 2. The van der Waals surface area contributed by atoms with E-state index in [0.29, 0.717) is 6.08 Å². The Bertz CT molecular complexity index is 1640. The van der Waals surface area contributed by atoms with Gasteiger partial charge in [-0.15, -0.1) is 0 Å². The summed E-state index contributed by atoms with van der Waals surface area (Å²) < 4.78 is 36.7. The predicted octanol–water partition coefficient (Wildman–Crippen LogP) is -2.65. The van der Waals surface area contributed by atoms with Crippen LogP contribution in [0.1, 0.15) is 11.1 Å². The van der Waals surface area contributed by atoms with E-state index in [4.69, 9.17) is 33.2 Å². The van der Waals surface area contributed by atoms with E-state index in [1.54, 1.807) is 0 Å². The molecule has 0 saturated carbocycles. The summed E-state index contributed by atoms with van der Waals surface area (Å²) in [5, 5.41) is 107. The molecule has 10 atom stereocenters. The fourth-order valence-electron chi connectivity index (χ4n) is 5.80. The maximum Gasteiger partial charge on any atom is 0.224 e. The molecule has 2 heterocycles. The van der Waals surface area contributed by atoms with Crippen LogP contribution >= 0.6 is 0 Å². The number of ether oxygens (including phenoxy) is 7. The number of aliphatic hydroxyl groups is 8. The largest absolute Gasteiger partial charge is 0.502 e. The van der Waals surface area contributed by atoms with Crippen LogP contribution in [-0.2, 0) is 23.8 Å². The number of rotatable bonds is 15. The fraction of sp³-hybridized carbons (Fsp3) is 0.471. The first-order valence-electron chi connectivity index (χ1n) is 15.8. The van der Waals surface area contributed by atoms with Crippen LogP contribution in [0.15, 0.2) is 36.4 Å². The second-order valence-corrected chi connectivity index (χ2v) is 12.0. The van der Waals surface area contributed by atoms with Crippen molar-refractivity contribution in [2.24, 2.45) is 0 Å². The van der Waals surface area contributed by atoms with Crippen molar-refractivity contribution in [3.63, 3.8) is 0 Å². The molecule has 10 N–H and O–H groups in total. The molecule has 2 aliphatic heterocycles. The summed E-state index contributed by atoms with van der Waals surface area (Å²) in [6, 6.07) is 5.19. The van der Waals surface area contributed by atoms with Crippen molar-refractivity contribution in [3.8, 4) is 34.5 Å². The van der Waals surface area contributed by atoms with Crippen LogP contribution in [0.3, 0.4) is 0 Å². The van der Waals surface area contributed by atoms with Gasteiger partial charge in [0.2, 0.25) is 17.3 Å². The van der Waals surface area contributed by atoms with Gasteiger partial charge in [-0.3, -0.25) is 9.59 Å². The maximum atomic E-state index is 13.7. The Kier molecular flexibility index (Phi) is 13.1. The summed E-state index contributed by atoms with van der Waals surface area (Å²) >= 11 is 0. The molecule has 0 spiro atoms. The highest BCUT2D eigenvalue weighted by atomic mass is 16.8. The lowest BCUT2D eigenvalue weighted by molar-refractivity contribution is -0.394. The quantitative estimate of drug-likeness (QED) is 0.0831. The van der Waals surface area contributed by atoms with Crippen molar-refractivity contribution in [2.45, 2.75) is 60.4 Å². The Hall–Kier alpha value is -4.38. The number of carbonyl (C=O) groups is 2. The van der Waals surface area contributed by atoms with Gasteiger partial charge in [-0.1, -0.05) is 12.2 Å². The summed E-state index contributed by atoms with van der Waals surface area (Å²) in [7, 11) is 5.03. The topological polar surface area (TPSA) is 301 Å². The molecule has 53 heavy (non-hydrogen) atoms. The molecule has 19 heteroatoms. The molecule has 0 amide bonds. The zero-order chi connectivity index (χ0) is 39.4. The van der Waals surface area contributed by atoms with Gasteiger partial charge in [0, 0.05) is 0 Å². The van der Waals surface area contributed by atoms with E-state index in [9.17, 15) is 60.7 Å². The summed E-state index contributed by atoms with van der Waals surface area (Å²) in [6.45, 7) is -2.14. The molecule has 2 fully saturated rings. The van der Waals surface area contributed by atoms with Crippen LogP contribution in [0.25, 0.3) is 12.2 Å². The third kappa shape index (κ3) is 7.81. The van der Waals surface area contributed by atoms with Crippen molar-refractivity contribution in [3.05, 3.63) is 47.5 Å². The van der Waals surface area contributed by atoms with E-state index in [0.717, 1.165) is 18.2 Å². The number of benzene rings is 2. The first-order chi connectivity index (χ1) is 25.1. The molecule has 292 valence electrons. The Morgan fingerprint density at radius 2 is 1.26 bits per heavy atom. The van der Waals surface area contributed by atoms with Crippen molar-refractivity contribution >= 4 is 23.7 Å². The average molecular weight is 755 g/mol. The Labute approximate surface area is 301 Å². The molecule has 2 saturated heterocycles. The van der Waals surface area contributed by atoms with Gasteiger partial charge in [0.15, 0.2) is 46.5 Å². The molecule has 4 rings (SSSR count). The molecule has 0 radical (unpaired) electrons. The molecular formula is C34H42O19. The van der Waals surface area contributed by atoms with Gasteiger partial charge in [0.25, 0.3) is 0 Å². The molecule has 0 aromatic heterocycles. The normalized spacial score (nSPS) is 30.8. The number of ketones is 2. The van der Waals surface area contributed by atoms with Gasteiger partial charge < -0.3 is 84.2 Å². The van der Waals surface area contributed by atoms with E-state index in [-0.39, 0.29) is 45.6 Å². The fourth-order valence-corrected chi connectivity index (χ4v) is 5.80. The van der Waals surface area contributed by atoms with E-state index >= 15 is 0 Å². The standard InChI is InChI=1S/C34H42O19/c1-47-18-9-15(10-19(48-2)25(18)40)5-7-17(37)24(39)28-30(44)34(46,23(38)8-6-16-11-20(49-3)26(41)21(12-16)50-4)31(45)32(51-28)53-33(14-36)29(43)27(42)22(13-35)52-33/h5-12,22,24,27-32,35-36,39-46H,13-14H2,1-4H3. The first kappa shape index (κ1) is 41.4. The average Bonchev–Trinajstić information content (AvgIpc) is 3.41. The smallest absolute Gasteiger partial charge is 0.224 e. The monoisotopic (exact) mass is 754 g/mol. The molecule has 19 nitrogen and oxygen atoms in total. The van der Waals surface area contributed by atoms with E-state index in [2.05, 4.69) is 0 Å². The lowest BCUT2D eigenvalue weighted by Crippen LogP contribution is -2.73. The van der Waals surface area contributed by atoms with E-state index in [1.165, 1.54) is 52.7 Å². The highest BCUT2D eigenvalue weighted by Crippen LogP contribution is 2.41. The zero-order valence-corrected chi connectivity index (χ0v) is 28.8. The van der Waals surface area contributed by atoms with Gasteiger partial charge in [-0.2, -0.15) is 0 Å². The van der Waals surface area contributed by atoms with Crippen molar-refractivity contribution in [1.29, 1.82) is 0 Å². The number of aliphatic hydroxyl groups excluding tert-OH is 7. The van der Waals surface area contributed by atoms with E-state index < -0.39 is 85.2 Å². The summed E-state index contributed by atoms with van der Waals surface area (Å²) in [5.41, 5.74) is -2.98. The lowest BCUT2D eigenvalue weighted by atomic mass is 9.78. The zero-order valence-electron chi connectivity index (χ0n) is 28.8. The Morgan fingerprint density at radius 3 is 1.68 bits per heavy atom. The molecule has 2 aliphatic rings. The van der Waals surface area contributed by atoms with Crippen LogP contribution in [0, 0.1) is 0 Å². The SMILES string of the molecule is COc1cc(C=CC(=O)C(O)C2OC(OC3(CO)OC(CO)C(O)C3O)C(O)C(O)(C(=O)C=Cc3cc(OC)c(O)c(OC)c3)C2O)cc(OC)c1O. The highest BCUT2D eigenvalue weighted by molar-refractivity contribution is 6.02. The maximum absolute atomic E-state index is 13.7. The van der Waals surface area contributed by atoms with Crippen molar-refractivity contribution in [2.75, 3.05) is 41.7 Å². The van der Waals surface area contributed by atoms with Crippen LogP contribution in [0.5, 0.6) is 34.5 Å². The number of aromatic hydroxyl groups is 2. The van der Waals surface area contributed by atoms with Crippen LogP contribution in [0.2, 0.25) is 0 Å². The van der Waals surface area contributed by atoms with E-state index in [1.807, 2.05) is 0 Å². The van der Waals surface area contributed by atoms with Crippen LogP contribution < -0.4 is 18.9 Å². The third-order valence-electron chi connectivity index (χ3n) is 8.85. The highest BCUT2D eigenvalue weighted by Gasteiger charge is 2.64. The minimum atomic E-state index is -3.37. The van der Waals surface area contributed by atoms with Crippen molar-refractivity contribution in [1.82, 2.24) is 0 Å². The first-order valence-corrected chi connectivity index (χ1v) is 15.8. The van der Waals surface area contributed by atoms with Gasteiger partial charge in [-0.05, 0) is 47.5 Å². The van der Waals surface area contributed by atoms with Gasteiger partial charge in [0.05, 0.1) is 35.0 Å². The molecule has 0 aliphatic carbocycles. The predicted molar refractivity (Wildman–Crippen MR) is 177 cm³/mol. The number of phenolic OH excluding ortho intramolecular Hbond substituents is 2. The second-order valence-electron chi connectivity index (χ2n) is 12.0. The van der Waals surface area contributed by atoms with Gasteiger partial charge >= 0.3 is 0 Å². The number of hydrogen-bond acceptors (Lipinski definition) is 19. The minimum Gasteiger partial charge on any atom is -0.502 e.